The normalized spacial score (nSPS) is 16.9. The predicted octanol–water partition coefficient (Wildman–Crippen LogP) is 2.93. The van der Waals surface area contributed by atoms with Gasteiger partial charge in [-0.2, -0.15) is 0 Å². The fourth-order valence-corrected chi connectivity index (χ4v) is 2.19. The first-order valence-corrected chi connectivity index (χ1v) is 5.60. The molecule has 0 bridgehead atoms. The van der Waals surface area contributed by atoms with Gasteiger partial charge in [-0.25, -0.2) is 0 Å². The second-order valence-corrected chi connectivity index (χ2v) is 4.37. The van der Waals surface area contributed by atoms with E-state index >= 15 is 0 Å². The van der Waals surface area contributed by atoms with E-state index in [1.165, 1.54) is 24.0 Å². The van der Waals surface area contributed by atoms with E-state index in [9.17, 15) is 4.79 Å². The van der Waals surface area contributed by atoms with Gasteiger partial charge in [-0.1, -0.05) is 18.2 Å². The van der Waals surface area contributed by atoms with Crippen molar-refractivity contribution in [1.29, 1.82) is 0 Å². The van der Waals surface area contributed by atoms with Crippen molar-refractivity contribution in [1.82, 2.24) is 0 Å². The van der Waals surface area contributed by atoms with Crippen molar-refractivity contribution in [3.8, 4) is 0 Å². The van der Waals surface area contributed by atoms with Crippen molar-refractivity contribution in [3.05, 3.63) is 34.9 Å². The SMILES string of the molecule is O=C(O)C(Cl)c1ccc2c(c1)CCCC2. The van der Waals surface area contributed by atoms with Gasteiger partial charge in [0.15, 0.2) is 5.38 Å². The highest BCUT2D eigenvalue weighted by Gasteiger charge is 2.18. The van der Waals surface area contributed by atoms with Crippen LogP contribution in [-0.4, -0.2) is 11.1 Å². The van der Waals surface area contributed by atoms with Crippen LogP contribution in [0.15, 0.2) is 18.2 Å². The Labute approximate surface area is 93.9 Å². The summed E-state index contributed by atoms with van der Waals surface area (Å²) in [4.78, 5) is 10.7. The maximum atomic E-state index is 10.7. The quantitative estimate of drug-likeness (QED) is 0.785. The number of aryl methyl sites for hydroxylation is 2. The molecular weight excluding hydrogens is 212 g/mol. The third-order valence-corrected chi connectivity index (χ3v) is 3.32. The molecule has 0 radical (unpaired) electrons. The molecule has 15 heavy (non-hydrogen) atoms. The van der Waals surface area contributed by atoms with Gasteiger partial charge in [0.25, 0.3) is 0 Å². The number of alkyl halides is 1. The van der Waals surface area contributed by atoms with Crippen molar-refractivity contribution in [3.63, 3.8) is 0 Å². The molecule has 0 fully saturated rings. The molecule has 3 heteroatoms. The average Bonchev–Trinajstić information content (AvgIpc) is 2.27. The van der Waals surface area contributed by atoms with E-state index in [1.807, 2.05) is 18.2 Å². The lowest BCUT2D eigenvalue weighted by Gasteiger charge is -2.17. The second-order valence-electron chi connectivity index (χ2n) is 3.94. The molecule has 1 aliphatic carbocycles. The fraction of sp³-hybridized carbons (Fsp3) is 0.417. The lowest BCUT2D eigenvalue weighted by molar-refractivity contribution is -0.136. The van der Waals surface area contributed by atoms with Crippen molar-refractivity contribution >= 4 is 17.6 Å². The Kier molecular flexibility index (Phi) is 2.96. The Bertz CT molecular complexity index is 387. The number of carbonyl (C=O) groups is 1. The highest BCUT2D eigenvalue weighted by molar-refractivity contribution is 6.29. The van der Waals surface area contributed by atoms with Crippen LogP contribution < -0.4 is 0 Å². The summed E-state index contributed by atoms with van der Waals surface area (Å²) < 4.78 is 0. The van der Waals surface area contributed by atoms with E-state index in [1.54, 1.807) is 0 Å². The van der Waals surface area contributed by atoms with Gasteiger partial charge in [0.1, 0.15) is 0 Å². The minimum Gasteiger partial charge on any atom is -0.480 e. The number of carboxylic acids is 1. The molecule has 0 aromatic heterocycles. The molecule has 1 aromatic rings. The first-order valence-electron chi connectivity index (χ1n) is 5.17. The van der Waals surface area contributed by atoms with Gasteiger partial charge < -0.3 is 5.11 Å². The van der Waals surface area contributed by atoms with Gasteiger partial charge in [-0.15, -0.1) is 11.6 Å². The van der Waals surface area contributed by atoms with E-state index in [0.717, 1.165) is 12.8 Å². The molecule has 0 saturated heterocycles. The third-order valence-electron chi connectivity index (χ3n) is 2.88. The molecule has 2 nitrogen and oxygen atoms in total. The van der Waals surface area contributed by atoms with Crippen molar-refractivity contribution < 1.29 is 9.90 Å². The molecule has 0 heterocycles. The summed E-state index contributed by atoms with van der Waals surface area (Å²) in [6.45, 7) is 0. The molecule has 1 atom stereocenters. The van der Waals surface area contributed by atoms with Crippen LogP contribution in [0.25, 0.3) is 0 Å². The lowest BCUT2D eigenvalue weighted by atomic mass is 9.90. The van der Waals surface area contributed by atoms with Gasteiger partial charge in [-0.3, -0.25) is 4.79 Å². The van der Waals surface area contributed by atoms with Gasteiger partial charge in [-0.05, 0) is 42.4 Å². The maximum absolute atomic E-state index is 10.7. The molecule has 0 amide bonds. The van der Waals surface area contributed by atoms with E-state index in [0.29, 0.717) is 5.56 Å². The molecule has 1 aliphatic rings. The highest BCUT2D eigenvalue weighted by atomic mass is 35.5. The van der Waals surface area contributed by atoms with E-state index < -0.39 is 11.3 Å². The molecule has 1 N–H and O–H groups in total. The van der Waals surface area contributed by atoms with Crippen molar-refractivity contribution in [2.45, 2.75) is 31.1 Å². The summed E-state index contributed by atoms with van der Waals surface area (Å²) in [7, 11) is 0. The third kappa shape index (κ3) is 2.15. The van der Waals surface area contributed by atoms with Gasteiger partial charge in [0, 0.05) is 0 Å². The van der Waals surface area contributed by atoms with Crippen LogP contribution in [0.3, 0.4) is 0 Å². The summed E-state index contributed by atoms with van der Waals surface area (Å²) in [6, 6.07) is 5.79. The Morgan fingerprint density at radius 2 is 1.93 bits per heavy atom. The molecule has 0 saturated carbocycles. The monoisotopic (exact) mass is 224 g/mol. The minimum absolute atomic E-state index is 0.699. The maximum Gasteiger partial charge on any atom is 0.326 e. The first kappa shape index (κ1) is 10.5. The Balaban J connectivity index is 2.31. The second kappa shape index (κ2) is 4.23. The number of fused-ring (bicyclic) bond motifs is 1. The fourth-order valence-electron chi connectivity index (χ4n) is 2.05. The average molecular weight is 225 g/mol. The molecule has 80 valence electrons. The van der Waals surface area contributed by atoms with Crippen molar-refractivity contribution in [2.75, 3.05) is 0 Å². The van der Waals surface area contributed by atoms with Crippen LogP contribution in [0, 0.1) is 0 Å². The Hall–Kier alpha value is -1.02. The number of aliphatic carboxylic acids is 1. The number of rotatable bonds is 2. The molecule has 1 aromatic carbocycles. The standard InChI is InChI=1S/C12H13ClO2/c13-11(12(14)15)10-6-5-8-3-1-2-4-9(8)7-10/h5-7,11H,1-4H2,(H,14,15). The summed E-state index contributed by atoms with van der Waals surface area (Å²) in [6.07, 6.45) is 4.58. The predicted molar refractivity (Wildman–Crippen MR) is 59.3 cm³/mol. The van der Waals surface area contributed by atoms with Crippen LogP contribution in [0.4, 0.5) is 0 Å². The molecule has 2 rings (SSSR count). The molecular formula is C12H13ClO2. The van der Waals surface area contributed by atoms with E-state index in [-0.39, 0.29) is 0 Å². The van der Waals surface area contributed by atoms with Gasteiger partial charge >= 0.3 is 5.97 Å². The number of hydrogen-bond acceptors (Lipinski definition) is 1. The van der Waals surface area contributed by atoms with Crippen LogP contribution in [0.2, 0.25) is 0 Å². The molecule has 0 spiro atoms. The number of hydrogen-bond donors (Lipinski definition) is 1. The summed E-state index contributed by atoms with van der Waals surface area (Å²) in [5.41, 5.74) is 3.31. The summed E-state index contributed by atoms with van der Waals surface area (Å²) in [5, 5.41) is 7.89. The Morgan fingerprint density at radius 1 is 1.27 bits per heavy atom. The lowest BCUT2D eigenvalue weighted by Crippen LogP contribution is -2.08. The molecule has 0 aliphatic heterocycles. The summed E-state index contributed by atoms with van der Waals surface area (Å²) >= 11 is 5.78. The van der Waals surface area contributed by atoms with Gasteiger partial charge in [0.2, 0.25) is 0 Å². The topological polar surface area (TPSA) is 37.3 Å². The van der Waals surface area contributed by atoms with Crippen LogP contribution in [0.1, 0.15) is 34.9 Å². The zero-order chi connectivity index (χ0) is 10.8. The van der Waals surface area contributed by atoms with Crippen LogP contribution in [0.5, 0.6) is 0 Å². The van der Waals surface area contributed by atoms with Crippen LogP contribution >= 0.6 is 11.6 Å². The Morgan fingerprint density at radius 3 is 2.60 bits per heavy atom. The van der Waals surface area contributed by atoms with Gasteiger partial charge in [0.05, 0.1) is 0 Å². The smallest absolute Gasteiger partial charge is 0.326 e. The highest BCUT2D eigenvalue weighted by Crippen LogP contribution is 2.27. The first-order chi connectivity index (χ1) is 7.18. The van der Waals surface area contributed by atoms with Crippen LogP contribution in [-0.2, 0) is 17.6 Å². The van der Waals surface area contributed by atoms with E-state index in [4.69, 9.17) is 16.7 Å². The minimum atomic E-state index is -0.979. The number of halogens is 1. The zero-order valence-electron chi connectivity index (χ0n) is 8.37. The largest absolute Gasteiger partial charge is 0.480 e. The van der Waals surface area contributed by atoms with Crippen molar-refractivity contribution in [2.24, 2.45) is 0 Å². The summed E-state index contributed by atoms with van der Waals surface area (Å²) in [5.74, 6) is -0.979. The number of carboxylic acid groups (broad SMARTS) is 1. The zero-order valence-corrected chi connectivity index (χ0v) is 9.13. The molecule has 1 unspecified atom stereocenters. The number of benzene rings is 1. The van der Waals surface area contributed by atoms with E-state index in [2.05, 4.69) is 0 Å².